The van der Waals surface area contributed by atoms with Gasteiger partial charge in [0.25, 0.3) is 0 Å². The van der Waals surface area contributed by atoms with Gasteiger partial charge in [0.2, 0.25) is 5.91 Å². The molecule has 0 aliphatic carbocycles. The Kier molecular flexibility index (Phi) is 5.95. The van der Waals surface area contributed by atoms with Gasteiger partial charge < -0.3 is 14.5 Å². The van der Waals surface area contributed by atoms with E-state index in [1.165, 1.54) is 0 Å². The van der Waals surface area contributed by atoms with Gasteiger partial charge in [-0.25, -0.2) is 0 Å². The number of hydrogen-bond donors (Lipinski definition) is 0. The minimum absolute atomic E-state index is 0.149. The summed E-state index contributed by atoms with van der Waals surface area (Å²) in [7, 11) is 1.69. The molecule has 136 valence electrons. The molecule has 0 radical (unpaired) electrons. The highest BCUT2D eigenvalue weighted by atomic mass is 16.5. The molecule has 26 heavy (non-hydrogen) atoms. The van der Waals surface area contributed by atoms with E-state index in [0.717, 1.165) is 55.2 Å². The summed E-state index contributed by atoms with van der Waals surface area (Å²) in [6, 6.07) is 18.1. The van der Waals surface area contributed by atoms with Gasteiger partial charge in [-0.2, -0.15) is 0 Å². The lowest BCUT2D eigenvalue weighted by Gasteiger charge is -2.37. The monoisotopic (exact) mass is 350 g/mol. The molecule has 0 saturated carbocycles. The van der Waals surface area contributed by atoms with Crippen LogP contribution in [-0.4, -0.2) is 44.1 Å². The summed E-state index contributed by atoms with van der Waals surface area (Å²) in [4.78, 5) is 17.2. The van der Waals surface area contributed by atoms with Crippen LogP contribution in [0, 0.1) is 0 Å². The van der Waals surface area contributed by atoms with E-state index in [0.29, 0.717) is 0 Å². The first-order valence-electron chi connectivity index (χ1n) is 9.15. The van der Waals surface area contributed by atoms with E-state index >= 15 is 0 Å². The minimum atomic E-state index is 0.149. The Labute approximate surface area is 155 Å². The van der Waals surface area contributed by atoms with Crippen LogP contribution in [-0.2, 0) is 4.79 Å². The van der Waals surface area contributed by atoms with Crippen LogP contribution in [0.5, 0.6) is 5.75 Å². The smallest absolute Gasteiger partial charge is 0.249 e. The lowest BCUT2D eigenvalue weighted by Crippen LogP contribution is -2.49. The SMILES string of the molecule is CC/C(=C\c1ccccc1)C(=O)N1CCN(c2ccccc2OC)CC1. The third kappa shape index (κ3) is 4.07. The van der Waals surface area contributed by atoms with E-state index in [9.17, 15) is 4.79 Å². The van der Waals surface area contributed by atoms with Crippen LogP contribution < -0.4 is 9.64 Å². The van der Waals surface area contributed by atoms with Crippen molar-refractivity contribution in [3.8, 4) is 5.75 Å². The van der Waals surface area contributed by atoms with Gasteiger partial charge in [0, 0.05) is 31.8 Å². The molecule has 1 aliphatic rings. The Hall–Kier alpha value is -2.75. The molecule has 1 fully saturated rings. The van der Waals surface area contributed by atoms with Gasteiger partial charge in [-0.1, -0.05) is 49.4 Å². The number of para-hydroxylation sites is 2. The van der Waals surface area contributed by atoms with Crippen molar-refractivity contribution in [3.05, 3.63) is 65.7 Å². The highest BCUT2D eigenvalue weighted by molar-refractivity contribution is 5.98. The molecular formula is C22H26N2O2. The number of anilines is 1. The fraction of sp³-hybridized carbons (Fsp3) is 0.318. The van der Waals surface area contributed by atoms with E-state index < -0.39 is 0 Å². The predicted octanol–water partition coefficient (Wildman–Crippen LogP) is 3.84. The quantitative estimate of drug-likeness (QED) is 0.768. The molecule has 0 N–H and O–H groups in total. The number of ether oxygens (including phenoxy) is 1. The molecule has 3 rings (SSSR count). The van der Waals surface area contributed by atoms with Crippen molar-refractivity contribution >= 4 is 17.7 Å². The molecule has 0 bridgehead atoms. The van der Waals surface area contributed by atoms with Crippen LogP contribution >= 0.6 is 0 Å². The normalized spacial score (nSPS) is 15.1. The second kappa shape index (κ2) is 8.56. The fourth-order valence-electron chi connectivity index (χ4n) is 3.31. The Morgan fingerprint density at radius 1 is 1.00 bits per heavy atom. The highest BCUT2D eigenvalue weighted by Crippen LogP contribution is 2.28. The molecule has 1 aliphatic heterocycles. The molecular weight excluding hydrogens is 324 g/mol. The number of piperazine rings is 1. The molecule has 0 spiro atoms. The topological polar surface area (TPSA) is 32.8 Å². The maximum Gasteiger partial charge on any atom is 0.249 e. The second-order valence-electron chi connectivity index (χ2n) is 6.38. The largest absolute Gasteiger partial charge is 0.495 e. The van der Waals surface area contributed by atoms with E-state index in [2.05, 4.69) is 11.0 Å². The number of rotatable bonds is 5. The predicted molar refractivity (Wildman–Crippen MR) is 106 cm³/mol. The van der Waals surface area contributed by atoms with Crippen LogP contribution in [0.25, 0.3) is 6.08 Å². The molecule has 1 saturated heterocycles. The highest BCUT2D eigenvalue weighted by Gasteiger charge is 2.24. The van der Waals surface area contributed by atoms with Crippen molar-refractivity contribution in [3.63, 3.8) is 0 Å². The summed E-state index contributed by atoms with van der Waals surface area (Å²) in [6.07, 6.45) is 2.75. The maximum atomic E-state index is 12.9. The molecule has 1 heterocycles. The molecule has 4 nitrogen and oxygen atoms in total. The summed E-state index contributed by atoms with van der Waals surface area (Å²) in [5.41, 5.74) is 3.03. The molecule has 2 aromatic rings. The van der Waals surface area contributed by atoms with Gasteiger partial charge in [0.1, 0.15) is 5.75 Å². The zero-order chi connectivity index (χ0) is 18.4. The van der Waals surface area contributed by atoms with Gasteiger partial charge in [-0.05, 0) is 30.2 Å². The number of carbonyl (C=O) groups excluding carboxylic acids is 1. The number of carbonyl (C=O) groups is 1. The van der Waals surface area contributed by atoms with Gasteiger partial charge in [-0.3, -0.25) is 4.79 Å². The molecule has 2 aromatic carbocycles. The lowest BCUT2D eigenvalue weighted by molar-refractivity contribution is -0.127. The van der Waals surface area contributed by atoms with Crippen LogP contribution in [0.15, 0.2) is 60.2 Å². The van der Waals surface area contributed by atoms with Gasteiger partial charge in [-0.15, -0.1) is 0 Å². The Balaban J connectivity index is 1.67. The van der Waals surface area contributed by atoms with Gasteiger partial charge in [0.05, 0.1) is 12.8 Å². The second-order valence-corrected chi connectivity index (χ2v) is 6.38. The van der Waals surface area contributed by atoms with Crippen LogP contribution in [0.1, 0.15) is 18.9 Å². The number of methoxy groups -OCH3 is 1. The van der Waals surface area contributed by atoms with Crippen molar-refractivity contribution in [2.75, 3.05) is 38.2 Å². The summed E-state index contributed by atoms with van der Waals surface area (Å²) in [5.74, 6) is 1.03. The summed E-state index contributed by atoms with van der Waals surface area (Å²) in [5, 5.41) is 0. The zero-order valence-electron chi connectivity index (χ0n) is 15.5. The van der Waals surface area contributed by atoms with Crippen LogP contribution in [0.2, 0.25) is 0 Å². The summed E-state index contributed by atoms with van der Waals surface area (Å²) < 4.78 is 5.46. The zero-order valence-corrected chi connectivity index (χ0v) is 15.5. The van der Waals surface area contributed by atoms with Crippen molar-refractivity contribution in [2.45, 2.75) is 13.3 Å². The van der Waals surface area contributed by atoms with Crippen LogP contribution in [0.3, 0.4) is 0 Å². The first kappa shape index (κ1) is 18.1. The number of hydrogen-bond acceptors (Lipinski definition) is 3. The van der Waals surface area contributed by atoms with E-state index in [4.69, 9.17) is 4.74 Å². The van der Waals surface area contributed by atoms with E-state index in [-0.39, 0.29) is 5.91 Å². The first-order valence-corrected chi connectivity index (χ1v) is 9.15. The Bertz CT molecular complexity index is 763. The maximum absolute atomic E-state index is 12.9. The molecule has 0 unspecified atom stereocenters. The first-order chi connectivity index (χ1) is 12.7. The summed E-state index contributed by atoms with van der Waals surface area (Å²) >= 11 is 0. The van der Waals surface area contributed by atoms with E-state index in [1.807, 2.05) is 66.4 Å². The Morgan fingerprint density at radius 3 is 2.31 bits per heavy atom. The van der Waals surface area contributed by atoms with Crippen molar-refractivity contribution in [2.24, 2.45) is 0 Å². The summed E-state index contributed by atoms with van der Waals surface area (Å²) in [6.45, 7) is 5.12. The van der Waals surface area contributed by atoms with Gasteiger partial charge in [0.15, 0.2) is 0 Å². The molecule has 4 heteroatoms. The number of benzene rings is 2. The fourth-order valence-corrected chi connectivity index (χ4v) is 3.31. The third-order valence-electron chi connectivity index (χ3n) is 4.79. The third-order valence-corrected chi connectivity index (χ3v) is 4.79. The Morgan fingerprint density at radius 2 is 1.65 bits per heavy atom. The number of amides is 1. The molecule has 1 amide bonds. The average Bonchev–Trinajstić information content (AvgIpc) is 2.72. The van der Waals surface area contributed by atoms with Crippen molar-refractivity contribution < 1.29 is 9.53 Å². The van der Waals surface area contributed by atoms with E-state index in [1.54, 1.807) is 7.11 Å². The van der Waals surface area contributed by atoms with Crippen LogP contribution in [0.4, 0.5) is 5.69 Å². The van der Waals surface area contributed by atoms with Gasteiger partial charge >= 0.3 is 0 Å². The number of nitrogens with zero attached hydrogens (tertiary/aromatic N) is 2. The van der Waals surface area contributed by atoms with Crippen molar-refractivity contribution in [1.29, 1.82) is 0 Å². The lowest BCUT2D eigenvalue weighted by atomic mass is 10.1. The molecule has 0 aromatic heterocycles. The van der Waals surface area contributed by atoms with Crippen molar-refractivity contribution in [1.82, 2.24) is 4.90 Å². The standard InChI is InChI=1S/C22H26N2O2/c1-3-19(17-18-9-5-4-6-10-18)22(25)24-15-13-23(14-16-24)20-11-7-8-12-21(20)26-2/h4-12,17H,3,13-16H2,1-2H3/b19-17+. The average molecular weight is 350 g/mol. The molecule has 0 atom stereocenters. The minimum Gasteiger partial charge on any atom is -0.495 e.